The number of phenolic OH excluding ortho intramolecular Hbond substituents is 1. The van der Waals surface area contributed by atoms with E-state index in [1.54, 1.807) is 18.0 Å². The van der Waals surface area contributed by atoms with Crippen molar-refractivity contribution >= 4 is 23.9 Å². The fourth-order valence-corrected chi connectivity index (χ4v) is 1.94. The van der Waals surface area contributed by atoms with Gasteiger partial charge in [-0.3, -0.25) is 4.79 Å². The van der Waals surface area contributed by atoms with Crippen molar-refractivity contribution in [2.45, 2.75) is 4.90 Å². The van der Waals surface area contributed by atoms with Crippen LogP contribution in [0.5, 0.6) is 5.75 Å². The van der Waals surface area contributed by atoms with Gasteiger partial charge in [0.15, 0.2) is 0 Å². The number of benzene rings is 2. The third-order valence-corrected chi connectivity index (χ3v) is 3.37. The van der Waals surface area contributed by atoms with Gasteiger partial charge in [0.1, 0.15) is 5.75 Å². The van der Waals surface area contributed by atoms with E-state index in [-0.39, 0.29) is 11.7 Å². The SMILES string of the molecule is CSc1ccc(/C=N/NC(=O)c2ccc(O)cc2)cc1. The molecule has 0 atom stereocenters. The lowest BCUT2D eigenvalue weighted by atomic mass is 10.2. The second-order valence-electron chi connectivity index (χ2n) is 4.02. The maximum Gasteiger partial charge on any atom is 0.271 e. The zero-order chi connectivity index (χ0) is 14.4. The van der Waals surface area contributed by atoms with Gasteiger partial charge in [-0.25, -0.2) is 5.43 Å². The van der Waals surface area contributed by atoms with Crippen LogP contribution in [-0.2, 0) is 0 Å². The molecule has 0 saturated carbocycles. The molecule has 0 saturated heterocycles. The van der Waals surface area contributed by atoms with Gasteiger partial charge in [0, 0.05) is 10.5 Å². The Hall–Kier alpha value is -2.27. The molecule has 2 N–H and O–H groups in total. The highest BCUT2D eigenvalue weighted by molar-refractivity contribution is 7.98. The molecular formula is C15H14N2O2S. The summed E-state index contributed by atoms with van der Waals surface area (Å²) in [4.78, 5) is 12.9. The Balaban J connectivity index is 1.95. The van der Waals surface area contributed by atoms with Gasteiger partial charge in [0.05, 0.1) is 6.21 Å². The Kier molecular flexibility index (Phi) is 4.79. The molecule has 0 aliphatic heterocycles. The minimum atomic E-state index is -0.318. The summed E-state index contributed by atoms with van der Waals surface area (Å²) in [6.07, 6.45) is 3.60. The molecule has 2 rings (SSSR count). The molecule has 0 aliphatic rings. The monoisotopic (exact) mass is 286 g/mol. The van der Waals surface area contributed by atoms with Crippen molar-refractivity contribution in [2.24, 2.45) is 5.10 Å². The molecular weight excluding hydrogens is 272 g/mol. The molecule has 20 heavy (non-hydrogen) atoms. The van der Waals surface area contributed by atoms with E-state index < -0.39 is 0 Å². The third-order valence-electron chi connectivity index (χ3n) is 2.63. The highest BCUT2D eigenvalue weighted by atomic mass is 32.2. The number of hydrogen-bond donors (Lipinski definition) is 2. The average Bonchev–Trinajstić information content (AvgIpc) is 2.48. The molecule has 0 aliphatic carbocycles. The van der Waals surface area contributed by atoms with Gasteiger partial charge >= 0.3 is 0 Å². The fourth-order valence-electron chi connectivity index (χ4n) is 1.53. The normalized spacial score (nSPS) is 10.7. The molecule has 0 fully saturated rings. The second kappa shape index (κ2) is 6.77. The van der Waals surface area contributed by atoms with E-state index in [2.05, 4.69) is 10.5 Å². The topological polar surface area (TPSA) is 61.7 Å². The number of aromatic hydroxyl groups is 1. The van der Waals surface area contributed by atoms with E-state index in [9.17, 15) is 4.79 Å². The second-order valence-corrected chi connectivity index (χ2v) is 4.90. The molecule has 0 spiro atoms. The molecule has 1 amide bonds. The minimum Gasteiger partial charge on any atom is -0.508 e. The molecule has 0 bridgehead atoms. The molecule has 5 heteroatoms. The lowest BCUT2D eigenvalue weighted by Gasteiger charge is -2.00. The summed E-state index contributed by atoms with van der Waals surface area (Å²) < 4.78 is 0. The standard InChI is InChI=1S/C15H14N2O2S/c1-20-14-8-2-11(3-9-14)10-16-17-15(19)12-4-6-13(18)7-5-12/h2-10,18H,1H3,(H,17,19)/b16-10+. The maximum atomic E-state index is 11.7. The number of rotatable bonds is 4. The number of thioether (sulfide) groups is 1. The van der Waals surface area contributed by atoms with Gasteiger partial charge < -0.3 is 5.11 Å². The highest BCUT2D eigenvalue weighted by Crippen LogP contribution is 2.14. The maximum absolute atomic E-state index is 11.7. The van der Waals surface area contributed by atoms with Crippen LogP contribution in [0.15, 0.2) is 58.5 Å². The molecule has 102 valence electrons. The first-order valence-corrected chi connectivity index (χ1v) is 7.18. The van der Waals surface area contributed by atoms with Crippen LogP contribution in [0.4, 0.5) is 0 Å². The van der Waals surface area contributed by atoms with Crippen molar-refractivity contribution in [3.63, 3.8) is 0 Å². The largest absolute Gasteiger partial charge is 0.508 e. The van der Waals surface area contributed by atoms with Crippen LogP contribution in [0.2, 0.25) is 0 Å². The predicted octanol–water partition coefficient (Wildman–Crippen LogP) is 2.88. The lowest BCUT2D eigenvalue weighted by Crippen LogP contribution is -2.17. The smallest absolute Gasteiger partial charge is 0.271 e. The predicted molar refractivity (Wildman–Crippen MR) is 81.4 cm³/mol. The average molecular weight is 286 g/mol. The number of carbonyl (C=O) groups excluding carboxylic acids is 1. The number of carbonyl (C=O) groups is 1. The number of nitrogens with zero attached hydrogens (tertiary/aromatic N) is 1. The first kappa shape index (κ1) is 14.1. The lowest BCUT2D eigenvalue weighted by molar-refractivity contribution is 0.0955. The van der Waals surface area contributed by atoms with Crippen LogP contribution in [0.3, 0.4) is 0 Å². The van der Waals surface area contributed by atoms with Crippen molar-refractivity contribution < 1.29 is 9.90 Å². The van der Waals surface area contributed by atoms with Crippen LogP contribution in [-0.4, -0.2) is 23.5 Å². The summed E-state index contributed by atoms with van der Waals surface area (Å²) >= 11 is 1.67. The van der Waals surface area contributed by atoms with Gasteiger partial charge in [-0.1, -0.05) is 12.1 Å². The van der Waals surface area contributed by atoms with Gasteiger partial charge in [0.2, 0.25) is 0 Å². The summed E-state index contributed by atoms with van der Waals surface area (Å²) in [6.45, 7) is 0. The molecule has 2 aromatic rings. The van der Waals surface area contributed by atoms with Crippen molar-refractivity contribution in [3.05, 3.63) is 59.7 Å². The van der Waals surface area contributed by atoms with Crippen LogP contribution in [0.25, 0.3) is 0 Å². The third kappa shape index (κ3) is 3.86. The quantitative estimate of drug-likeness (QED) is 0.516. The number of hydrogen-bond acceptors (Lipinski definition) is 4. The number of phenols is 1. The van der Waals surface area contributed by atoms with E-state index in [1.165, 1.54) is 29.2 Å². The van der Waals surface area contributed by atoms with Crippen LogP contribution in [0.1, 0.15) is 15.9 Å². The summed E-state index contributed by atoms with van der Waals surface area (Å²) in [6, 6.07) is 13.8. The zero-order valence-corrected chi connectivity index (χ0v) is 11.7. The first-order valence-electron chi connectivity index (χ1n) is 5.95. The molecule has 0 radical (unpaired) electrons. The van der Waals surface area contributed by atoms with E-state index in [4.69, 9.17) is 5.11 Å². The van der Waals surface area contributed by atoms with Crippen LogP contribution in [0, 0.1) is 0 Å². The first-order chi connectivity index (χ1) is 9.69. The van der Waals surface area contributed by atoms with Crippen molar-refractivity contribution in [2.75, 3.05) is 6.26 Å². The number of nitrogens with one attached hydrogen (secondary N) is 1. The Morgan fingerprint density at radius 1 is 1.15 bits per heavy atom. The molecule has 4 nitrogen and oxygen atoms in total. The van der Waals surface area contributed by atoms with Crippen LogP contribution >= 0.6 is 11.8 Å². The van der Waals surface area contributed by atoms with E-state index in [0.29, 0.717) is 5.56 Å². The number of amides is 1. The summed E-state index contributed by atoms with van der Waals surface area (Å²) in [7, 11) is 0. The van der Waals surface area contributed by atoms with E-state index >= 15 is 0 Å². The highest BCUT2D eigenvalue weighted by Gasteiger charge is 2.03. The molecule has 0 unspecified atom stereocenters. The van der Waals surface area contributed by atoms with Crippen molar-refractivity contribution in [3.8, 4) is 5.75 Å². The zero-order valence-electron chi connectivity index (χ0n) is 10.9. The molecule has 0 heterocycles. The van der Waals surface area contributed by atoms with Crippen molar-refractivity contribution in [1.82, 2.24) is 5.43 Å². The van der Waals surface area contributed by atoms with E-state index in [0.717, 1.165) is 5.56 Å². The van der Waals surface area contributed by atoms with Gasteiger partial charge in [-0.05, 0) is 48.2 Å². The Labute approximate surface area is 121 Å². The molecule has 0 aromatic heterocycles. The summed E-state index contributed by atoms with van der Waals surface area (Å²) in [5.74, 6) is -0.194. The van der Waals surface area contributed by atoms with Crippen molar-refractivity contribution in [1.29, 1.82) is 0 Å². The molecule has 2 aromatic carbocycles. The van der Waals surface area contributed by atoms with Gasteiger partial charge in [-0.15, -0.1) is 11.8 Å². The van der Waals surface area contributed by atoms with Crippen LogP contribution < -0.4 is 5.43 Å². The van der Waals surface area contributed by atoms with E-state index in [1.807, 2.05) is 30.5 Å². The Morgan fingerprint density at radius 3 is 2.40 bits per heavy atom. The Bertz CT molecular complexity index is 607. The van der Waals surface area contributed by atoms with Gasteiger partial charge in [0.25, 0.3) is 5.91 Å². The van der Waals surface area contributed by atoms with Gasteiger partial charge in [-0.2, -0.15) is 5.10 Å². The Morgan fingerprint density at radius 2 is 1.80 bits per heavy atom. The fraction of sp³-hybridized carbons (Fsp3) is 0.0667. The minimum absolute atomic E-state index is 0.124. The number of hydrazone groups is 1. The summed E-state index contributed by atoms with van der Waals surface area (Å²) in [5, 5.41) is 13.0. The summed E-state index contributed by atoms with van der Waals surface area (Å²) in [5.41, 5.74) is 3.79.